The van der Waals surface area contributed by atoms with Crippen molar-refractivity contribution in [3.63, 3.8) is 0 Å². The molecule has 15 heavy (non-hydrogen) atoms. The Morgan fingerprint density at radius 1 is 1.47 bits per heavy atom. The van der Waals surface area contributed by atoms with E-state index >= 15 is 0 Å². The monoisotopic (exact) mass is 211 g/mol. The van der Waals surface area contributed by atoms with E-state index in [-0.39, 0.29) is 37.7 Å². The first kappa shape index (κ1) is 17.7. The van der Waals surface area contributed by atoms with E-state index in [0.29, 0.717) is 0 Å². The molecule has 1 amide bonds. The Morgan fingerprint density at radius 2 is 2.07 bits per heavy atom. The van der Waals surface area contributed by atoms with Gasteiger partial charge in [0.1, 0.15) is 0 Å². The molecule has 0 aromatic carbocycles. The first-order chi connectivity index (χ1) is 6.11. The Kier molecular flexibility index (Phi) is 9.00. The van der Waals surface area contributed by atoms with Gasteiger partial charge in [-0.2, -0.15) is 0 Å². The quantitative estimate of drug-likeness (QED) is 0.542. The number of carbonyl (C=O) groups excluding carboxylic acids is 1. The third kappa shape index (κ3) is 4.39. The minimum atomic E-state index is -1.66. The molecule has 0 bridgehead atoms. The molecule has 0 heterocycles. The van der Waals surface area contributed by atoms with Crippen LogP contribution in [0.5, 0.6) is 0 Å². The Bertz CT molecular complexity index is 275. The van der Waals surface area contributed by atoms with Gasteiger partial charge in [0.2, 0.25) is 0 Å². The van der Waals surface area contributed by atoms with Crippen molar-refractivity contribution < 1.29 is 4.79 Å². The normalized spacial score (nSPS) is 14.3. The molecule has 0 fully saturated rings. The molecule has 1 N–H and O–H groups in total. The van der Waals surface area contributed by atoms with Crippen molar-refractivity contribution in [2.75, 3.05) is 0 Å². The Labute approximate surface area is 117 Å². The Hall–Kier alpha value is 0.362. The van der Waals surface area contributed by atoms with Crippen LogP contribution in [-0.4, -0.2) is 52.4 Å². The van der Waals surface area contributed by atoms with Crippen LogP contribution in [0.3, 0.4) is 0 Å². The van der Waals surface area contributed by atoms with Gasteiger partial charge < -0.3 is 4.98 Å². The van der Waals surface area contributed by atoms with Crippen LogP contribution in [0.15, 0.2) is 22.9 Å². The van der Waals surface area contributed by atoms with E-state index in [0.717, 1.165) is 19.3 Å². The van der Waals surface area contributed by atoms with Crippen LogP contribution in [0.4, 0.5) is 0 Å². The van der Waals surface area contributed by atoms with Crippen molar-refractivity contribution in [3.8, 4) is 0 Å². The fourth-order valence-electron chi connectivity index (χ4n) is 1.77. The minimum absolute atomic E-state index is 0. The summed E-state index contributed by atoms with van der Waals surface area (Å²) in [7, 11) is -1.66. The first-order valence-corrected chi connectivity index (χ1v) is 7.72. The van der Waals surface area contributed by atoms with Crippen molar-refractivity contribution in [2.24, 2.45) is 0 Å². The number of allylic oxidation sites excluding steroid dienone is 4. The molecular weight excluding hydrogens is 192 g/mol. The molecule has 0 aromatic heterocycles. The molecule has 0 unspecified atom stereocenters. The van der Waals surface area contributed by atoms with Crippen LogP contribution in [0.25, 0.3) is 0 Å². The van der Waals surface area contributed by atoms with Gasteiger partial charge in [-0.3, -0.25) is 4.79 Å². The van der Waals surface area contributed by atoms with Crippen LogP contribution in [-0.2, 0) is 4.79 Å². The third-order valence-corrected chi connectivity index (χ3v) is 5.46. The molecule has 0 radical (unpaired) electrons. The number of hydrogen-bond acceptors (Lipinski definition) is 1. The molecule has 2 nitrogen and oxygen atoms in total. The number of carbonyl (C=O) groups is 1. The van der Waals surface area contributed by atoms with E-state index in [9.17, 15) is 4.79 Å². The zero-order chi connectivity index (χ0) is 9.90. The van der Waals surface area contributed by atoms with Crippen LogP contribution >= 0.6 is 0 Å². The van der Waals surface area contributed by atoms with Crippen molar-refractivity contribution in [3.05, 3.63) is 22.9 Å². The molecule has 76 valence electrons. The van der Waals surface area contributed by atoms with E-state index in [1.807, 2.05) is 0 Å². The van der Waals surface area contributed by atoms with E-state index < -0.39 is 8.24 Å². The summed E-state index contributed by atoms with van der Waals surface area (Å²) in [4.78, 5) is 13.4. The summed E-state index contributed by atoms with van der Waals surface area (Å²) in [5, 5.41) is 1.47. The van der Waals surface area contributed by atoms with E-state index in [4.69, 9.17) is 0 Å². The fourth-order valence-corrected chi connectivity index (χ4v) is 3.93. The summed E-state index contributed by atoms with van der Waals surface area (Å²) in [6.07, 6.45) is 7.32. The molecule has 1 aliphatic carbocycles. The number of hydrogen-bond donors (Lipinski definition) is 1. The molecule has 1 rings (SSSR count). The number of amides is 1. The van der Waals surface area contributed by atoms with E-state index in [1.165, 1.54) is 10.8 Å². The second kappa shape index (κ2) is 7.61. The molecule has 0 saturated carbocycles. The molecule has 0 atom stereocenters. The summed E-state index contributed by atoms with van der Waals surface area (Å²) >= 11 is 0. The zero-order valence-electron chi connectivity index (χ0n) is 8.55. The van der Waals surface area contributed by atoms with Crippen LogP contribution in [0.2, 0.25) is 13.1 Å². The van der Waals surface area contributed by atoms with Gasteiger partial charge in [-0.05, 0) is 25.9 Å². The Morgan fingerprint density at radius 3 is 2.53 bits per heavy atom. The molecule has 5 heteroatoms. The molecular formula is C10H19Li2NOSi. The summed E-state index contributed by atoms with van der Waals surface area (Å²) in [5.41, 5.74) is 1.42. The van der Waals surface area contributed by atoms with Gasteiger partial charge in [-0.15, -0.1) is 0 Å². The van der Waals surface area contributed by atoms with Gasteiger partial charge in [-0.25, -0.2) is 0 Å². The van der Waals surface area contributed by atoms with E-state index in [2.05, 4.69) is 37.2 Å². The van der Waals surface area contributed by atoms with Gasteiger partial charge >= 0.3 is 37.7 Å². The molecule has 1 aliphatic rings. The predicted molar refractivity (Wildman–Crippen MR) is 72.1 cm³/mol. The van der Waals surface area contributed by atoms with Crippen molar-refractivity contribution in [1.29, 1.82) is 0 Å². The van der Waals surface area contributed by atoms with Gasteiger partial charge in [0.25, 0.3) is 0 Å². The van der Waals surface area contributed by atoms with Crippen molar-refractivity contribution in [1.82, 2.24) is 4.98 Å². The maximum absolute atomic E-state index is 10.5. The first-order valence-electron chi connectivity index (χ1n) is 4.72. The van der Waals surface area contributed by atoms with Gasteiger partial charge in [0.15, 0.2) is 14.6 Å². The SMILES string of the molecule is CCC1=C([Si](C)(C)NC=O)CC=C1.[LiH].[LiH]. The summed E-state index contributed by atoms with van der Waals surface area (Å²) < 4.78 is 0. The predicted octanol–water partition coefficient (Wildman–Crippen LogP) is 0.846. The second-order valence-corrected chi connectivity index (χ2v) is 7.99. The fraction of sp³-hybridized carbons (Fsp3) is 0.500. The molecule has 0 saturated heterocycles. The summed E-state index contributed by atoms with van der Waals surface area (Å²) in [6.45, 7) is 6.52. The van der Waals surface area contributed by atoms with Crippen molar-refractivity contribution >= 4 is 52.4 Å². The van der Waals surface area contributed by atoms with Gasteiger partial charge in [0.05, 0.1) is 0 Å². The molecule has 0 aromatic rings. The topological polar surface area (TPSA) is 29.1 Å². The summed E-state index contributed by atoms with van der Waals surface area (Å²) in [6, 6.07) is 0. The van der Waals surface area contributed by atoms with Gasteiger partial charge in [0, 0.05) is 0 Å². The second-order valence-electron chi connectivity index (χ2n) is 3.85. The number of nitrogens with one attached hydrogen (secondary N) is 1. The molecule has 0 aliphatic heterocycles. The average molecular weight is 211 g/mol. The standard InChI is InChI=1S/C10H17NOSi.2Li.2H/c1-4-9-6-5-7-10(9)13(2,3)11-8-12;;;;/h5-6,8H,4,7H2,1-3H3,(H,11,12);;;;. The van der Waals surface area contributed by atoms with Crippen molar-refractivity contribution in [2.45, 2.75) is 32.9 Å². The average Bonchev–Trinajstić information content (AvgIpc) is 2.51. The van der Waals surface area contributed by atoms with E-state index in [1.54, 1.807) is 0 Å². The summed E-state index contributed by atoms with van der Waals surface area (Å²) in [5.74, 6) is 0. The van der Waals surface area contributed by atoms with Crippen LogP contribution < -0.4 is 4.98 Å². The molecule has 0 spiro atoms. The van der Waals surface area contributed by atoms with Gasteiger partial charge in [-0.1, -0.05) is 29.8 Å². The third-order valence-electron chi connectivity index (χ3n) is 2.58. The van der Waals surface area contributed by atoms with Crippen LogP contribution in [0, 0.1) is 0 Å². The zero-order valence-corrected chi connectivity index (χ0v) is 9.55. The Balaban J connectivity index is 0. The number of rotatable bonds is 4. The van der Waals surface area contributed by atoms with Crippen LogP contribution in [0.1, 0.15) is 19.8 Å². The maximum atomic E-state index is 10.5.